The minimum atomic E-state index is -4.83. The van der Waals surface area contributed by atoms with Crippen LogP contribution in [-0.4, -0.2) is 82.6 Å². The van der Waals surface area contributed by atoms with Crippen LogP contribution in [0.4, 0.5) is 17.6 Å². The summed E-state index contributed by atoms with van der Waals surface area (Å²) in [7, 11) is -4.09. The first kappa shape index (κ1) is 40.7. The van der Waals surface area contributed by atoms with Gasteiger partial charge in [-0.3, -0.25) is 23.9 Å². The smallest absolute Gasteiger partial charge is 0.397 e. The van der Waals surface area contributed by atoms with Gasteiger partial charge in [-0.25, -0.2) is 17.8 Å². The van der Waals surface area contributed by atoms with Gasteiger partial charge in [0.15, 0.2) is 0 Å². The molecule has 1 spiro atoms. The fourth-order valence-electron chi connectivity index (χ4n) is 8.74. The number of aryl methyl sites for hydroxylation is 1. The summed E-state index contributed by atoms with van der Waals surface area (Å²) in [6.45, 7) is 1.31. The van der Waals surface area contributed by atoms with Crippen LogP contribution >= 0.6 is 0 Å². The van der Waals surface area contributed by atoms with Gasteiger partial charge in [0, 0.05) is 28.9 Å². The van der Waals surface area contributed by atoms with Crippen molar-refractivity contribution in [1.29, 1.82) is 0 Å². The van der Waals surface area contributed by atoms with Crippen LogP contribution in [0.25, 0.3) is 22.2 Å². The number of carbonyl (C=O) groups is 4. The molecule has 59 heavy (non-hydrogen) atoms. The second-order valence-electron chi connectivity index (χ2n) is 16.9. The first-order valence-electron chi connectivity index (χ1n) is 20.0. The summed E-state index contributed by atoms with van der Waals surface area (Å²) in [5, 5.41) is 5.89. The van der Waals surface area contributed by atoms with Crippen LogP contribution < -0.4 is 20.1 Å². The zero-order valence-electron chi connectivity index (χ0n) is 32.4. The quantitative estimate of drug-likeness (QED) is 0.216. The highest BCUT2D eigenvalue weighted by molar-refractivity contribution is 7.91. The van der Waals surface area contributed by atoms with Gasteiger partial charge in [0.1, 0.15) is 46.9 Å². The number of nitrogens with one attached hydrogen (secondary N) is 3. The van der Waals surface area contributed by atoms with Gasteiger partial charge in [-0.1, -0.05) is 55.3 Å². The molecule has 1 aromatic heterocycles. The topological polar surface area (TPSA) is 164 Å². The summed E-state index contributed by atoms with van der Waals surface area (Å²) in [4.78, 5) is 62.1. The Labute approximate surface area is 338 Å². The monoisotopic (exact) mass is 839 g/mol. The maximum atomic E-state index is 14.7. The van der Waals surface area contributed by atoms with Crippen molar-refractivity contribution in [2.75, 3.05) is 6.54 Å². The van der Waals surface area contributed by atoms with E-state index in [0.29, 0.717) is 67.5 Å². The molecule has 12 nitrogen and oxygen atoms in total. The molecule has 0 unspecified atom stereocenters. The van der Waals surface area contributed by atoms with Gasteiger partial charge >= 0.3 is 6.18 Å². The standard InChI is InChI=1S/C42H45F4N5O7S/c1-39(18-19-39)59(56,57)50-38(55)41-21-26(41)11-5-3-2-4-6-15-31(47-33(52)23-42(44,45)46)37(54)51-24-40(22-32(51)36(53)49-41)17-16-29-28-13-7-8-14-30(28)48-34(35(29)58-40)25-10-9-12-27(43)20-25/h5,7-14,20,26,31-32H,2-4,6,15-19,21-24H2,1H3,(H,47,52)(H,49,53)(H,50,55)/b11-5-/t26-,31-,32-,40+,41+/m0/s1. The van der Waals surface area contributed by atoms with Gasteiger partial charge < -0.3 is 20.3 Å². The van der Waals surface area contributed by atoms with E-state index in [4.69, 9.17) is 9.72 Å². The van der Waals surface area contributed by atoms with Crippen molar-refractivity contribution in [1.82, 2.24) is 25.2 Å². The summed E-state index contributed by atoms with van der Waals surface area (Å²) in [5.74, 6) is -4.61. The van der Waals surface area contributed by atoms with Crippen LogP contribution in [0, 0.1) is 11.7 Å². The van der Waals surface area contributed by atoms with E-state index in [1.165, 1.54) is 30.0 Å². The van der Waals surface area contributed by atoms with Crippen LogP contribution in [0.5, 0.6) is 5.75 Å². The molecule has 2 saturated carbocycles. The van der Waals surface area contributed by atoms with E-state index in [1.54, 1.807) is 12.1 Å². The molecule has 1 saturated heterocycles. The Morgan fingerprint density at radius 3 is 2.56 bits per heavy atom. The average Bonchev–Trinajstić information content (AvgIpc) is 4.07. The first-order valence-corrected chi connectivity index (χ1v) is 21.5. The summed E-state index contributed by atoms with van der Waals surface area (Å²) < 4.78 is 89.0. The van der Waals surface area contributed by atoms with E-state index in [-0.39, 0.29) is 32.2 Å². The Morgan fingerprint density at radius 2 is 1.81 bits per heavy atom. The fraction of sp³-hybridized carbons (Fsp3) is 0.500. The molecule has 0 radical (unpaired) electrons. The lowest BCUT2D eigenvalue weighted by molar-refractivity contribution is -0.156. The molecular weight excluding hydrogens is 795 g/mol. The van der Waals surface area contributed by atoms with Crippen molar-refractivity contribution in [2.45, 2.75) is 118 Å². The number of carbonyl (C=O) groups excluding carboxylic acids is 4. The fourth-order valence-corrected chi connectivity index (χ4v) is 10.1. The number of aromatic nitrogens is 1. The van der Waals surface area contributed by atoms with Gasteiger partial charge in [-0.2, -0.15) is 13.2 Å². The van der Waals surface area contributed by atoms with Crippen molar-refractivity contribution in [3.63, 3.8) is 0 Å². The molecule has 3 aromatic rings. The second kappa shape index (κ2) is 14.9. The number of hydrogen-bond acceptors (Lipinski definition) is 8. The number of rotatable bonds is 6. The molecule has 4 amide bonds. The van der Waals surface area contributed by atoms with Gasteiger partial charge in [0.25, 0.3) is 5.91 Å². The van der Waals surface area contributed by atoms with Crippen LogP contribution in [0.1, 0.15) is 83.1 Å². The molecule has 17 heteroatoms. The average molecular weight is 840 g/mol. The zero-order chi connectivity index (χ0) is 42.0. The molecule has 0 bridgehead atoms. The van der Waals surface area contributed by atoms with Gasteiger partial charge in [0.2, 0.25) is 27.7 Å². The van der Waals surface area contributed by atoms with Crippen molar-refractivity contribution in [3.8, 4) is 17.0 Å². The third-order valence-corrected chi connectivity index (χ3v) is 14.7. The summed E-state index contributed by atoms with van der Waals surface area (Å²) in [5.41, 5.74) is -0.746. The number of nitrogens with zero attached hydrogens (tertiary/aromatic N) is 2. The number of benzene rings is 2. The van der Waals surface area contributed by atoms with E-state index in [2.05, 4.69) is 15.4 Å². The number of fused-ring (bicyclic) bond motifs is 5. The molecule has 314 valence electrons. The SMILES string of the molecule is CC1(S(=O)(=O)NC(=O)[C@@]23C[C@@H]2/C=C\CCCCC[C@H](NC(=O)CC(F)(F)F)C(=O)N2C[C@@]4(CCc5c(c(-c6cccc(F)c6)nc6ccccc56)O4)C[C@H]2C(=O)N3)CC1. The largest absolute Gasteiger partial charge is 0.483 e. The zero-order valence-corrected chi connectivity index (χ0v) is 33.2. The third kappa shape index (κ3) is 8.01. The number of pyridine rings is 1. The predicted molar refractivity (Wildman–Crippen MR) is 207 cm³/mol. The van der Waals surface area contributed by atoms with E-state index < -0.39 is 86.0 Å². The Morgan fingerprint density at radius 1 is 1.03 bits per heavy atom. The van der Waals surface area contributed by atoms with Crippen molar-refractivity contribution in [3.05, 3.63) is 72.1 Å². The third-order valence-electron chi connectivity index (χ3n) is 12.5. The van der Waals surface area contributed by atoms with E-state index in [9.17, 15) is 45.2 Å². The molecule has 2 aliphatic carbocycles. The van der Waals surface area contributed by atoms with Crippen LogP contribution in [0.3, 0.4) is 0 Å². The normalized spacial score (nSPS) is 28.5. The highest BCUT2D eigenvalue weighted by atomic mass is 32.2. The van der Waals surface area contributed by atoms with E-state index in [0.717, 1.165) is 10.9 Å². The van der Waals surface area contributed by atoms with Crippen molar-refractivity contribution >= 4 is 44.6 Å². The van der Waals surface area contributed by atoms with E-state index >= 15 is 0 Å². The predicted octanol–water partition coefficient (Wildman–Crippen LogP) is 5.54. The molecule has 2 aromatic carbocycles. The first-order chi connectivity index (χ1) is 27.9. The van der Waals surface area contributed by atoms with Crippen LogP contribution in [0.2, 0.25) is 0 Å². The Balaban J connectivity index is 1.18. The molecule has 5 aliphatic rings. The highest BCUT2D eigenvalue weighted by Crippen LogP contribution is 2.50. The highest BCUT2D eigenvalue weighted by Gasteiger charge is 2.64. The Bertz CT molecular complexity index is 2370. The number of para-hydroxylation sites is 1. The maximum absolute atomic E-state index is 14.7. The van der Waals surface area contributed by atoms with Crippen LogP contribution in [-0.2, 0) is 35.6 Å². The van der Waals surface area contributed by atoms with Crippen molar-refractivity contribution in [2.24, 2.45) is 5.92 Å². The summed E-state index contributed by atoms with van der Waals surface area (Å²) in [6.07, 6.45) is 0.458. The van der Waals surface area contributed by atoms with Gasteiger partial charge in [0.05, 0.1) is 16.8 Å². The number of amides is 4. The molecule has 5 atom stereocenters. The number of sulfonamides is 1. The minimum Gasteiger partial charge on any atom is -0.483 e. The van der Waals surface area contributed by atoms with Gasteiger partial charge in [-0.05, 0) is 76.5 Å². The maximum Gasteiger partial charge on any atom is 0.397 e. The lowest BCUT2D eigenvalue weighted by atomic mass is 9.86. The number of ether oxygens (including phenoxy) is 1. The molecule has 8 rings (SSSR count). The molecular formula is C42H45F4N5O7S. The number of allylic oxidation sites excluding steroid dienone is 1. The van der Waals surface area contributed by atoms with Crippen molar-refractivity contribution < 1.29 is 49.9 Å². The lowest BCUT2D eigenvalue weighted by Gasteiger charge is -2.37. The summed E-state index contributed by atoms with van der Waals surface area (Å²) in [6, 6.07) is 10.5. The van der Waals surface area contributed by atoms with Gasteiger partial charge in [-0.15, -0.1) is 0 Å². The van der Waals surface area contributed by atoms with Crippen LogP contribution in [0.15, 0.2) is 60.7 Å². The number of hydrogen-bond donors (Lipinski definition) is 3. The Kier molecular flexibility index (Phi) is 10.3. The summed E-state index contributed by atoms with van der Waals surface area (Å²) >= 11 is 0. The molecule has 3 aliphatic heterocycles. The molecule has 3 fully saturated rings. The molecule has 4 heterocycles. The number of halogens is 4. The van der Waals surface area contributed by atoms with E-state index in [1.807, 2.05) is 30.3 Å². The Hall–Kier alpha value is -5.06. The second-order valence-corrected chi connectivity index (χ2v) is 19.1. The number of alkyl halides is 3. The molecule has 3 N–H and O–H groups in total. The minimum absolute atomic E-state index is 0.00109. The lowest BCUT2D eigenvalue weighted by Crippen LogP contribution is -2.58.